The van der Waals surface area contributed by atoms with Gasteiger partial charge >= 0.3 is 5.97 Å². The zero-order valence-corrected chi connectivity index (χ0v) is 9.66. The number of benzene rings is 1. The summed E-state index contributed by atoms with van der Waals surface area (Å²) in [6, 6.07) is 6.03. The molecule has 0 radical (unpaired) electrons. The average Bonchev–Trinajstić information content (AvgIpc) is 2.91. The maximum absolute atomic E-state index is 10.9. The number of imidazole rings is 1. The molecular formula is C13H14N2O2. The molecule has 0 aliphatic heterocycles. The van der Waals surface area contributed by atoms with E-state index in [1.165, 1.54) is 0 Å². The summed E-state index contributed by atoms with van der Waals surface area (Å²) in [7, 11) is 0. The number of aryl methyl sites for hydroxylation is 1. The van der Waals surface area contributed by atoms with Crippen molar-refractivity contribution in [2.24, 2.45) is 0 Å². The zero-order valence-electron chi connectivity index (χ0n) is 9.66. The van der Waals surface area contributed by atoms with Gasteiger partial charge in [0.1, 0.15) is 5.82 Å². The van der Waals surface area contributed by atoms with Gasteiger partial charge < -0.3 is 10.1 Å². The number of hydrogen-bond donors (Lipinski definition) is 2. The molecule has 1 aliphatic rings. The Hall–Kier alpha value is -1.84. The van der Waals surface area contributed by atoms with Gasteiger partial charge in [0.2, 0.25) is 0 Å². The number of nitrogens with one attached hydrogen (secondary N) is 1. The summed E-state index contributed by atoms with van der Waals surface area (Å²) in [6.07, 6.45) is 2.17. The summed E-state index contributed by atoms with van der Waals surface area (Å²) in [5.74, 6) is 0.170. The molecule has 17 heavy (non-hydrogen) atoms. The second kappa shape index (κ2) is 3.32. The Morgan fingerprint density at radius 2 is 2.29 bits per heavy atom. The molecule has 0 bridgehead atoms. The van der Waals surface area contributed by atoms with Crippen LogP contribution in [0.3, 0.4) is 0 Å². The van der Waals surface area contributed by atoms with Crippen molar-refractivity contribution < 1.29 is 9.90 Å². The number of carboxylic acids is 1. The fourth-order valence-electron chi connectivity index (χ4n) is 2.47. The number of aliphatic carboxylic acids is 1. The third-order valence-corrected chi connectivity index (χ3v) is 3.56. The van der Waals surface area contributed by atoms with Gasteiger partial charge in [-0.3, -0.25) is 4.79 Å². The van der Waals surface area contributed by atoms with E-state index in [-0.39, 0.29) is 11.8 Å². The molecule has 3 rings (SSSR count). The SMILES string of the molecule is Cc1nc2ccc(C3(CC(=O)O)CC3)cc2[nH]1. The summed E-state index contributed by atoms with van der Waals surface area (Å²) in [4.78, 5) is 18.4. The average molecular weight is 230 g/mol. The molecule has 4 nitrogen and oxygen atoms in total. The van der Waals surface area contributed by atoms with E-state index in [1.807, 2.05) is 25.1 Å². The molecule has 0 unspecified atom stereocenters. The van der Waals surface area contributed by atoms with E-state index in [2.05, 4.69) is 9.97 Å². The molecule has 0 amide bonds. The molecule has 0 atom stereocenters. The van der Waals surface area contributed by atoms with Crippen molar-refractivity contribution in [2.45, 2.75) is 31.6 Å². The number of rotatable bonds is 3. The first-order valence-corrected chi connectivity index (χ1v) is 5.78. The quantitative estimate of drug-likeness (QED) is 0.850. The van der Waals surface area contributed by atoms with Crippen molar-refractivity contribution in [1.82, 2.24) is 9.97 Å². The third-order valence-electron chi connectivity index (χ3n) is 3.56. The topological polar surface area (TPSA) is 66.0 Å². The van der Waals surface area contributed by atoms with E-state index in [0.29, 0.717) is 0 Å². The Morgan fingerprint density at radius 1 is 1.53 bits per heavy atom. The molecule has 1 heterocycles. The van der Waals surface area contributed by atoms with Crippen molar-refractivity contribution in [1.29, 1.82) is 0 Å². The lowest BCUT2D eigenvalue weighted by atomic mass is 9.92. The van der Waals surface area contributed by atoms with E-state index in [4.69, 9.17) is 5.11 Å². The molecule has 2 aromatic rings. The van der Waals surface area contributed by atoms with E-state index in [1.54, 1.807) is 0 Å². The number of fused-ring (bicyclic) bond motifs is 1. The van der Waals surface area contributed by atoms with Crippen LogP contribution in [0.25, 0.3) is 11.0 Å². The third kappa shape index (κ3) is 1.69. The molecular weight excluding hydrogens is 216 g/mol. The van der Waals surface area contributed by atoms with Crippen LogP contribution in [-0.2, 0) is 10.2 Å². The first kappa shape index (κ1) is 10.3. The van der Waals surface area contributed by atoms with E-state index >= 15 is 0 Å². The molecule has 1 saturated carbocycles. The number of H-pyrrole nitrogens is 1. The van der Waals surface area contributed by atoms with E-state index < -0.39 is 5.97 Å². The molecule has 2 N–H and O–H groups in total. The Kier molecular flexibility index (Phi) is 2.02. The predicted molar refractivity (Wildman–Crippen MR) is 64.0 cm³/mol. The highest BCUT2D eigenvalue weighted by Gasteiger charge is 2.46. The maximum atomic E-state index is 10.9. The van der Waals surface area contributed by atoms with Gasteiger partial charge in [-0.1, -0.05) is 6.07 Å². The molecule has 1 aromatic heterocycles. The van der Waals surface area contributed by atoms with Crippen molar-refractivity contribution in [2.75, 3.05) is 0 Å². The van der Waals surface area contributed by atoms with E-state index in [9.17, 15) is 4.79 Å². The summed E-state index contributed by atoms with van der Waals surface area (Å²) in [5.41, 5.74) is 2.93. The molecule has 0 saturated heterocycles. The minimum absolute atomic E-state index is 0.126. The second-order valence-electron chi connectivity index (χ2n) is 4.90. The highest BCUT2D eigenvalue weighted by Crippen LogP contribution is 2.51. The lowest BCUT2D eigenvalue weighted by Crippen LogP contribution is -2.12. The van der Waals surface area contributed by atoms with E-state index in [0.717, 1.165) is 35.3 Å². The van der Waals surface area contributed by atoms with Crippen LogP contribution in [0, 0.1) is 6.92 Å². The van der Waals surface area contributed by atoms with Gasteiger partial charge in [0.05, 0.1) is 17.5 Å². The van der Waals surface area contributed by atoms with Crippen LogP contribution >= 0.6 is 0 Å². The summed E-state index contributed by atoms with van der Waals surface area (Å²) < 4.78 is 0. The van der Waals surface area contributed by atoms with Gasteiger partial charge in [0, 0.05) is 5.41 Å². The van der Waals surface area contributed by atoms with Gasteiger partial charge in [-0.2, -0.15) is 0 Å². The fraction of sp³-hybridized carbons (Fsp3) is 0.385. The number of carbonyl (C=O) groups is 1. The number of carboxylic acid groups (broad SMARTS) is 1. The van der Waals surface area contributed by atoms with Gasteiger partial charge in [-0.25, -0.2) is 4.98 Å². The Bertz CT molecular complexity index is 596. The largest absolute Gasteiger partial charge is 0.481 e. The van der Waals surface area contributed by atoms with Crippen LogP contribution in [0.5, 0.6) is 0 Å². The summed E-state index contributed by atoms with van der Waals surface area (Å²) in [6.45, 7) is 1.92. The summed E-state index contributed by atoms with van der Waals surface area (Å²) in [5, 5.41) is 8.95. The van der Waals surface area contributed by atoms with Gasteiger partial charge in [0.25, 0.3) is 0 Å². The smallest absolute Gasteiger partial charge is 0.304 e. The van der Waals surface area contributed by atoms with Crippen LogP contribution in [0.15, 0.2) is 18.2 Å². The lowest BCUT2D eigenvalue weighted by Gasteiger charge is -2.12. The van der Waals surface area contributed by atoms with Crippen molar-refractivity contribution in [3.63, 3.8) is 0 Å². The van der Waals surface area contributed by atoms with Gasteiger partial charge in [0.15, 0.2) is 0 Å². The van der Waals surface area contributed by atoms with Crippen molar-refractivity contribution in [3.05, 3.63) is 29.6 Å². The van der Waals surface area contributed by atoms with Gasteiger partial charge in [-0.15, -0.1) is 0 Å². The van der Waals surface area contributed by atoms with Crippen molar-refractivity contribution >= 4 is 17.0 Å². The van der Waals surface area contributed by atoms with Crippen LogP contribution in [0.4, 0.5) is 0 Å². The van der Waals surface area contributed by atoms with Crippen LogP contribution in [-0.4, -0.2) is 21.0 Å². The number of aromatic nitrogens is 2. The minimum atomic E-state index is -0.719. The highest BCUT2D eigenvalue weighted by molar-refractivity contribution is 5.77. The standard InChI is InChI=1S/C13H14N2O2/c1-8-14-10-3-2-9(6-11(10)15-8)13(4-5-13)7-12(16)17/h2-3,6H,4-5,7H2,1H3,(H,14,15)(H,16,17). The lowest BCUT2D eigenvalue weighted by molar-refractivity contribution is -0.137. The second-order valence-corrected chi connectivity index (χ2v) is 4.90. The van der Waals surface area contributed by atoms with Crippen LogP contribution < -0.4 is 0 Å². The fourth-order valence-corrected chi connectivity index (χ4v) is 2.47. The van der Waals surface area contributed by atoms with Crippen molar-refractivity contribution in [3.8, 4) is 0 Å². The predicted octanol–water partition coefficient (Wildman–Crippen LogP) is 2.38. The Labute approximate surface area is 98.7 Å². The number of nitrogens with zero attached hydrogens (tertiary/aromatic N) is 1. The van der Waals surface area contributed by atoms with Gasteiger partial charge in [-0.05, 0) is 37.5 Å². The Balaban J connectivity index is 2.03. The zero-order chi connectivity index (χ0) is 12.0. The monoisotopic (exact) mass is 230 g/mol. The Morgan fingerprint density at radius 3 is 2.94 bits per heavy atom. The molecule has 1 aliphatic carbocycles. The highest BCUT2D eigenvalue weighted by atomic mass is 16.4. The molecule has 0 spiro atoms. The molecule has 1 aromatic carbocycles. The maximum Gasteiger partial charge on any atom is 0.304 e. The number of hydrogen-bond acceptors (Lipinski definition) is 2. The molecule has 4 heteroatoms. The molecule has 1 fully saturated rings. The summed E-state index contributed by atoms with van der Waals surface area (Å²) >= 11 is 0. The van der Waals surface area contributed by atoms with Crippen LogP contribution in [0.1, 0.15) is 30.7 Å². The van der Waals surface area contributed by atoms with Crippen LogP contribution in [0.2, 0.25) is 0 Å². The normalized spacial score (nSPS) is 17.2. The number of aromatic amines is 1. The molecule has 88 valence electrons. The first-order chi connectivity index (χ1) is 8.09. The first-order valence-electron chi connectivity index (χ1n) is 5.78. The minimum Gasteiger partial charge on any atom is -0.481 e.